The maximum Gasteiger partial charge on any atom is 0.0540 e. The molecule has 1 N–H and O–H groups in total. The zero-order valence-corrected chi connectivity index (χ0v) is 9.37. The highest BCUT2D eigenvalue weighted by molar-refractivity contribution is 5.24. The highest BCUT2D eigenvalue weighted by Crippen LogP contribution is 2.28. The summed E-state index contributed by atoms with van der Waals surface area (Å²) in [5, 5.41) is 7.90. The lowest BCUT2D eigenvalue weighted by molar-refractivity contribution is 0.457. The van der Waals surface area contributed by atoms with Crippen LogP contribution in [-0.2, 0) is 13.5 Å². The minimum Gasteiger partial charge on any atom is -0.310 e. The van der Waals surface area contributed by atoms with Crippen LogP contribution in [0.2, 0.25) is 0 Å². The molecule has 1 aliphatic carbocycles. The summed E-state index contributed by atoms with van der Waals surface area (Å²) in [6.07, 6.45) is 8.67. The molecule has 1 unspecified atom stereocenters. The second-order valence-electron chi connectivity index (χ2n) is 4.15. The number of aromatic nitrogens is 2. The Morgan fingerprint density at radius 1 is 1.73 bits per heavy atom. The average Bonchev–Trinajstić information content (AvgIpc) is 2.62. The zero-order chi connectivity index (χ0) is 10.7. The molecule has 0 aromatic carbocycles. The topological polar surface area (TPSA) is 29.9 Å². The molecule has 1 atom stereocenters. The molecule has 0 aliphatic heterocycles. The van der Waals surface area contributed by atoms with Crippen LogP contribution in [0.1, 0.15) is 36.6 Å². The van der Waals surface area contributed by atoms with Crippen LogP contribution < -0.4 is 5.32 Å². The quantitative estimate of drug-likeness (QED) is 0.601. The first kappa shape index (κ1) is 10.4. The van der Waals surface area contributed by atoms with Crippen molar-refractivity contribution >= 4 is 0 Å². The summed E-state index contributed by atoms with van der Waals surface area (Å²) in [6, 6.07) is 0.502. The summed E-state index contributed by atoms with van der Waals surface area (Å²) < 4.78 is 2.01. The molecule has 0 fully saturated rings. The normalized spacial score (nSPS) is 19.9. The Kier molecular flexibility index (Phi) is 3.21. The predicted octanol–water partition coefficient (Wildman–Crippen LogP) is 1.96. The van der Waals surface area contributed by atoms with Gasteiger partial charge in [-0.05, 0) is 32.2 Å². The van der Waals surface area contributed by atoms with Crippen molar-refractivity contribution in [3.8, 4) is 0 Å². The van der Waals surface area contributed by atoms with Crippen molar-refractivity contribution in [1.82, 2.24) is 15.1 Å². The number of hydrogen-bond acceptors (Lipinski definition) is 2. The Labute approximate surface area is 91.2 Å². The molecule has 0 saturated carbocycles. The molecule has 1 aliphatic rings. The monoisotopic (exact) mass is 205 g/mol. The van der Waals surface area contributed by atoms with Crippen LogP contribution >= 0.6 is 0 Å². The summed E-state index contributed by atoms with van der Waals surface area (Å²) in [6.45, 7) is 4.75. The van der Waals surface area contributed by atoms with Crippen LogP contribution in [-0.4, -0.2) is 16.3 Å². The van der Waals surface area contributed by atoms with Gasteiger partial charge >= 0.3 is 0 Å². The van der Waals surface area contributed by atoms with Gasteiger partial charge in [-0.15, -0.1) is 6.58 Å². The van der Waals surface area contributed by atoms with Crippen LogP contribution in [0.5, 0.6) is 0 Å². The Morgan fingerprint density at radius 2 is 2.60 bits per heavy atom. The lowest BCUT2D eigenvalue weighted by atomic mass is 9.93. The second kappa shape index (κ2) is 4.62. The maximum absolute atomic E-state index is 4.33. The SMILES string of the molecule is C=CCCNC1CCCc2c1cnn2C. The van der Waals surface area contributed by atoms with E-state index < -0.39 is 0 Å². The molecule has 0 amide bonds. The lowest BCUT2D eigenvalue weighted by Crippen LogP contribution is -2.25. The van der Waals surface area contributed by atoms with Crippen molar-refractivity contribution in [3.05, 3.63) is 30.1 Å². The zero-order valence-electron chi connectivity index (χ0n) is 9.37. The molecule has 1 aromatic heterocycles. The summed E-state index contributed by atoms with van der Waals surface area (Å²) in [5.74, 6) is 0. The molecule has 0 saturated heterocycles. The van der Waals surface area contributed by atoms with E-state index in [0.29, 0.717) is 6.04 Å². The standard InChI is InChI=1S/C12H19N3/c1-3-4-8-13-11-6-5-7-12-10(11)9-14-15(12)2/h3,9,11,13H,1,4-8H2,2H3. The molecule has 1 heterocycles. The van der Waals surface area contributed by atoms with Gasteiger partial charge in [0.1, 0.15) is 0 Å². The third-order valence-corrected chi connectivity index (χ3v) is 3.11. The molecule has 82 valence electrons. The fraction of sp³-hybridized carbons (Fsp3) is 0.583. The van der Waals surface area contributed by atoms with Gasteiger partial charge in [0.2, 0.25) is 0 Å². The molecule has 3 heteroatoms. The molecular formula is C12H19N3. The molecule has 3 nitrogen and oxygen atoms in total. The van der Waals surface area contributed by atoms with E-state index in [1.165, 1.54) is 30.5 Å². The maximum atomic E-state index is 4.33. The van der Waals surface area contributed by atoms with Gasteiger partial charge in [0.15, 0.2) is 0 Å². The highest BCUT2D eigenvalue weighted by atomic mass is 15.3. The summed E-state index contributed by atoms with van der Waals surface area (Å²) >= 11 is 0. The Morgan fingerprint density at radius 3 is 3.40 bits per heavy atom. The van der Waals surface area contributed by atoms with Gasteiger partial charge in [0, 0.05) is 24.3 Å². The third kappa shape index (κ3) is 2.12. The number of nitrogens with one attached hydrogen (secondary N) is 1. The van der Waals surface area contributed by atoms with Gasteiger partial charge in [-0.25, -0.2) is 0 Å². The molecule has 1 aromatic rings. The van der Waals surface area contributed by atoms with E-state index in [9.17, 15) is 0 Å². The Balaban J connectivity index is 2.05. The summed E-state index contributed by atoms with van der Waals surface area (Å²) in [7, 11) is 2.03. The smallest absolute Gasteiger partial charge is 0.0540 e. The highest BCUT2D eigenvalue weighted by Gasteiger charge is 2.22. The number of fused-ring (bicyclic) bond motifs is 1. The van der Waals surface area contributed by atoms with Crippen LogP contribution in [0.15, 0.2) is 18.9 Å². The summed E-state index contributed by atoms with van der Waals surface area (Å²) in [4.78, 5) is 0. The Bertz CT molecular complexity index is 341. The van der Waals surface area contributed by atoms with Gasteiger partial charge in [-0.1, -0.05) is 6.08 Å². The number of aryl methyl sites for hydroxylation is 1. The first-order valence-corrected chi connectivity index (χ1v) is 5.68. The molecule has 15 heavy (non-hydrogen) atoms. The largest absolute Gasteiger partial charge is 0.310 e. The number of hydrogen-bond donors (Lipinski definition) is 1. The molecule has 0 bridgehead atoms. The van der Waals surface area contributed by atoms with E-state index in [0.717, 1.165) is 13.0 Å². The van der Waals surface area contributed by atoms with Crippen LogP contribution in [0.3, 0.4) is 0 Å². The first-order valence-electron chi connectivity index (χ1n) is 5.68. The minimum atomic E-state index is 0.502. The van der Waals surface area contributed by atoms with Crippen molar-refractivity contribution < 1.29 is 0 Å². The molecule has 0 radical (unpaired) electrons. The number of nitrogens with zero attached hydrogens (tertiary/aromatic N) is 2. The summed E-state index contributed by atoms with van der Waals surface area (Å²) in [5.41, 5.74) is 2.80. The predicted molar refractivity (Wildman–Crippen MR) is 61.7 cm³/mol. The third-order valence-electron chi connectivity index (χ3n) is 3.11. The fourth-order valence-corrected chi connectivity index (χ4v) is 2.28. The molecular weight excluding hydrogens is 186 g/mol. The van der Waals surface area contributed by atoms with Crippen LogP contribution in [0.25, 0.3) is 0 Å². The van der Waals surface area contributed by atoms with Gasteiger partial charge in [0.25, 0.3) is 0 Å². The first-order chi connectivity index (χ1) is 7.33. The van der Waals surface area contributed by atoms with E-state index in [2.05, 4.69) is 17.0 Å². The van der Waals surface area contributed by atoms with E-state index in [-0.39, 0.29) is 0 Å². The van der Waals surface area contributed by atoms with Gasteiger partial charge in [-0.2, -0.15) is 5.10 Å². The fourth-order valence-electron chi connectivity index (χ4n) is 2.28. The van der Waals surface area contributed by atoms with E-state index in [4.69, 9.17) is 0 Å². The number of rotatable bonds is 4. The van der Waals surface area contributed by atoms with Crippen molar-refractivity contribution in [2.75, 3.05) is 6.54 Å². The van der Waals surface area contributed by atoms with Crippen LogP contribution in [0.4, 0.5) is 0 Å². The molecule has 0 spiro atoms. The van der Waals surface area contributed by atoms with Crippen molar-refractivity contribution in [3.63, 3.8) is 0 Å². The van der Waals surface area contributed by atoms with Gasteiger partial charge < -0.3 is 5.32 Å². The average molecular weight is 205 g/mol. The van der Waals surface area contributed by atoms with E-state index >= 15 is 0 Å². The van der Waals surface area contributed by atoms with E-state index in [1.54, 1.807) is 0 Å². The lowest BCUT2D eigenvalue weighted by Gasteiger charge is -2.23. The van der Waals surface area contributed by atoms with Gasteiger partial charge in [-0.3, -0.25) is 4.68 Å². The van der Waals surface area contributed by atoms with Gasteiger partial charge in [0.05, 0.1) is 6.20 Å². The molecule has 2 rings (SSSR count). The van der Waals surface area contributed by atoms with Crippen LogP contribution in [0, 0.1) is 0 Å². The van der Waals surface area contributed by atoms with Crippen molar-refractivity contribution in [1.29, 1.82) is 0 Å². The second-order valence-corrected chi connectivity index (χ2v) is 4.15. The minimum absolute atomic E-state index is 0.502. The Hall–Kier alpha value is -1.09. The van der Waals surface area contributed by atoms with Crippen molar-refractivity contribution in [2.45, 2.75) is 31.7 Å². The van der Waals surface area contributed by atoms with Crippen molar-refractivity contribution in [2.24, 2.45) is 7.05 Å². The van der Waals surface area contributed by atoms with E-state index in [1.807, 2.05) is 24.0 Å².